The Kier molecular flexibility index (Phi) is 1.78. The van der Waals surface area contributed by atoms with Crippen molar-refractivity contribution >= 4 is 15.9 Å². The SMILES string of the molecule is CN1C2CCC1(CBr)C(O)C2. The van der Waals surface area contributed by atoms with Crippen LogP contribution in [0.5, 0.6) is 0 Å². The van der Waals surface area contributed by atoms with E-state index in [-0.39, 0.29) is 11.6 Å². The molecule has 0 aliphatic carbocycles. The van der Waals surface area contributed by atoms with Gasteiger partial charge in [0.15, 0.2) is 0 Å². The summed E-state index contributed by atoms with van der Waals surface area (Å²) in [6.07, 6.45) is 3.28. The van der Waals surface area contributed by atoms with Crippen LogP contribution < -0.4 is 0 Å². The Hall–Kier alpha value is 0.400. The Bertz CT molecular complexity index is 175. The Morgan fingerprint density at radius 2 is 2.45 bits per heavy atom. The van der Waals surface area contributed by atoms with Gasteiger partial charge < -0.3 is 5.11 Å². The maximum Gasteiger partial charge on any atom is 0.0746 e. The van der Waals surface area contributed by atoms with Crippen LogP contribution in [0.25, 0.3) is 0 Å². The molecule has 2 rings (SSSR count). The highest BCUT2D eigenvalue weighted by Gasteiger charge is 2.54. The zero-order valence-corrected chi connectivity index (χ0v) is 8.34. The van der Waals surface area contributed by atoms with Crippen molar-refractivity contribution in [2.24, 2.45) is 0 Å². The lowest BCUT2D eigenvalue weighted by Gasteiger charge is -2.33. The van der Waals surface area contributed by atoms with Crippen LogP contribution in [-0.2, 0) is 0 Å². The first-order valence-corrected chi connectivity index (χ1v) is 5.30. The largest absolute Gasteiger partial charge is 0.391 e. The summed E-state index contributed by atoms with van der Waals surface area (Å²) in [7, 11) is 2.13. The number of hydrogen-bond acceptors (Lipinski definition) is 2. The maximum absolute atomic E-state index is 9.77. The molecule has 0 aromatic heterocycles. The molecule has 2 aliphatic rings. The van der Waals surface area contributed by atoms with Crippen molar-refractivity contribution in [3.05, 3.63) is 0 Å². The number of nitrogens with zero attached hydrogens (tertiary/aromatic N) is 1. The fourth-order valence-electron chi connectivity index (χ4n) is 2.56. The van der Waals surface area contributed by atoms with Gasteiger partial charge in [-0.1, -0.05) is 15.9 Å². The highest BCUT2D eigenvalue weighted by Crippen LogP contribution is 2.46. The van der Waals surface area contributed by atoms with Crippen molar-refractivity contribution in [2.45, 2.75) is 36.9 Å². The van der Waals surface area contributed by atoms with Crippen molar-refractivity contribution in [2.75, 3.05) is 12.4 Å². The second-order valence-electron chi connectivity index (χ2n) is 3.79. The number of aliphatic hydroxyl groups excluding tert-OH is 1. The van der Waals surface area contributed by atoms with E-state index < -0.39 is 0 Å². The molecule has 2 fully saturated rings. The number of alkyl halides is 1. The topological polar surface area (TPSA) is 23.5 Å². The molecule has 2 nitrogen and oxygen atoms in total. The van der Waals surface area contributed by atoms with Gasteiger partial charge in [0.25, 0.3) is 0 Å². The summed E-state index contributed by atoms with van der Waals surface area (Å²) in [5.74, 6) is 0. The van der Waals surface area contributed by atoms with Gasteiger partial charge in [-0.15, -0.1) is 0 Å². The summed E-state index contributed by atoms with van der Waals surface area (Å²) in [6.45, 7) is 0. The molecule has 0 aromatic rings. The summed E-state index contributed by atoms with van der Waals surface area (Å²) in [5, 5.41) is 10.7. The summed E-state index contributed by atoms with van der Waals surface area (Å²) >= 11 is 3.50. The smallest absolute Gasteiger partial charge is 0.0746 e. The van der Waals surface area contributed by atoms with Gasteiger partial charge in [0.2, 0.25) is 0 Å². The number of hydrogen-bond donors (Lipinski definition) is 1. The second kappa shape index (κ2) is 2.44. The third-order valence-electron chi connectivity index (χ3n) is 3.51. The summed E-state index contributed by atoms with van der Waals surface area (Å²) in [6, 6.07) is 0.641. The number of likely N-dealkylation sites (N-methyl/N-ethyl adjacent to an activating group) is 1. The lowest BCUT2D eigenvalue weighted by Crippen LogP contribution is -2.47. The van der Waals surface area contributed by atoms with E-state index in [1.165, 1.54) is 6.42 Å². The molecule has 2 bridgehead atoms. The highest BCUT2D eigenvalue weighted by molar-refractivity contribution is 9.09. The van der Waals surface area contributed by atoms with Crippen molar-refractivity contribution in [1.29, 1.82) is 0 Å². The molecule has 2 saturated heterocycles. The Balaban J connectivity index is 2.28. The molecule has 3 atom stereocenters. The predicted molar refractivity (Wildman–Crippen MR) is 47.9 cm³/mol. The first-order chi connectivity index (χ1) is 5.20. The fourth-order valence-corrected chi connectivity index (χ4v) is 3.60. The van der Waals surface area contributed by atoms with E-state index in [2.05, 4.69) is 27.9 Å². The van der Waals surface area contributed by atoms with Gasteiger partial charge in [-0.25, -0.2) is 0 Å². The Morgan fingerprint density at radius 3 is 2.73 bits per heavy atom. The molecule has 11 heavy (non-hydrogen) atoms. The molecule has 0 aromatic carbocycles. The van der Waals surface area contributed by atoms with Crippen LogP contribution in [0.15, 0.2) is 0 Å². The molecule has 0 saturated carbocycles. The standard InChI is InChI=1S/C8H14BrNO/c1-10-6-2-3-8(10,5-9)7(11)4-6/h6-7,11H,2-5H2,1H3. The number of halogens is 1. The summed E-state index contributed by atoms with van der Waals surface area (Å²) in [4.78, 5) is 2.35. The Morgan fingerprint density at radius 1 is 1.73 bits per heavy atom. The molecule has 0 amide bonds. The molecule has 1 N–H and O–H groups in total. The van der Waals surface area contributed by atoms with Gasteiger partial charge >= 0.3 is 0 Å². The third kappa shape index (κ3) is 0.849. The average Bonchev–Trinajstić information content (AvgIpc) is 2.42. The zero-order valence-electron chi connectivity index (χ0n) is 6.76. The third-order valence-corrected chi connectivity index (χ3v) is 4.48. The van der Waals surface area contributed by atoms with Crippen LogP contribution in [0.4, 0.5) is 0 Å². The van der Waals surface area contributed by atoms with Crippen molar-refractivity contribution < 1.29 is 5.11 Å². The van der Waals surface area contributed by atoms with Gasteiger partial charge in [-0.2, -0.15) is 0 Å². The average molecular weight is 220 g/mol. The highest BCUT2D eigenvalue weighted by atomic mass is 79.9. The molecule has 3 heteroatoms. The van der Waals surface area contributed by atoms with E-state index in [0.29, 0.717) is 6.04 Å². The first kappa shape index (κ1) is 8.02. The molecular formula is C8H14BrNO. The van der Waals surface area contributed by atoms with Gasteiger partial charge in [0.1, 0.15) is 0 Å². The van der Waals surface area contributed by atoms with Crippen LogP contribution in [0.1, 0.15) is 19.3 Å². The second-order valence-corrected chi connectivity index (χ2v) is 4.35. The summed E-state index contributed by atoms with van der Waals surface area (Å²) < 4.78 is 0. The molecule has 2 heterocycles. The van der Waals surface area contributed by atoms with Crippen LogP contribution in [-0.4, -0.2) is 40.1 Å². The number of rotatable bonds is 1. The monoisotopic (exact) mass is 219 g/mol. The minimum Gasteiger partial charge on any atom is -0.391 e. The van der Waals surface area contributed by atoms with Crippen LogP contribution in [0.3, 0.4) is 0 Å². The molecule has 2 aliphatic heterocycles. The number of aliphatic hydroxyl groups is 1. The minimum absolute atomic E-state index is 0.0741. The predicted octanol–water partition coefficient (Wildman–Crippen LogP) is 0.979. The lowest BCUT2D eigenvalue weighted by molar-refractivity contribution is 0.0657. The van der Waals surface area contributed by atoms with Crippen LogP contribution >= 0.6 is 15.9 Å². The normalized spacial score (nSPS) is 50.5. The minimum atomic E-state index is -0.106. The van der Waals surface area contributed by atoms with Crippen molar-refractivity contribution in [3.63, 3.8) is 0 Å². The van der Waals surface area contributed by atoms with Crippen LogP contribution in [0.2, 0.25) is 0 Å². The summed E-state index contributed by atoms with van der Waals surface area (Å²) in [5.41, 5.74) is 0.0741. The van der Waals surface area contributed by atoms with E-state index in [4.69, 9.17) is 0 Å². The lowest BCUT2D eigenvalue weighted by atomic mass is 9.87. The fraction of sp³-hybridized carbons (Fsp3) is 1.00. The number of fused-ring (bicyclic) bond motifs is 2. The molecule has 3 unspecified atom stereocenters. The van der Waals surface area contributed by atoms with Gasteiger partial charge in [0.05, 0.1) is 11.6 Å². The molecule has 0 spiro atoms. The maximum atomic E-state index is 9.77. The van der Waals surface area contributed by atoms with E-state index in [1.54, 1.807) is 0 Å². The van der Waals surface area contributed by atoms with Crippen molar-refractivity contribution in [1.82, 2.24) is 4.90 Å². The first-order valence-electron chi connectivity index (χ1n) is 4.18. The quantitative estimate of drug-likeness (QED) is 0.666. The van der Waals surface area contributed by atoms with E-state index in [9.17, 15) is 5.11 Å². The van der Waals surface area contributed by atoms with Crippen molar-refractivity contribution in [3.8, 4) is 0 Å². The zero-order chi connectivity index (χ0) is 8.06. The molecule has 64 valence electrons. The van der Waals surface area contributed by atoms with Crippen LogP contribution in [0, 0.1) is 0 Å². The Labute approximate surface area is 75.7 Å². The van der Waals surface area contributed by atoms with E-state index in [0.717, 1.165) is 18.2 Å². The van der Waals surface area contributed by atoms with Gasteiger partial charge in [0, 0.05) is 11.4 Å². The van der Waals surface area contributed by atoms with E-state index >= 15 is 0 Å². The van der Waals surface area contributed by atoms with Gasteiger partial charge in [-0.3, -0.25) is 4.90 Å². The molecular weight excluding hydrogens is 206 g/mol. The van der Waals surface area contributed by atoms with E-state index in [1.807, 2.05) is 0 Å². The van der Waals surface area contributed by atoms with Gasteiger partial charge in [-0.05, 0) is 26.3 Å². The molecule has 0 radical (unpaired) electrons.